The van der Waals surface area contributed by atoms with Crippen LogP contribution in [0.5, 0.6) is 0 Å². The lowest BCUT2D eigenvalue weighted by molar-refractivity contribution is 0.215. The number of halogens is 1. The van der Waals surface area contributed by atoms with Gasteiger partial charge in [0.25, 0.3) is 0 Å². The molecule has 1 heterocycles. The van der Waals surface area contributed by atoms with Crippen molar-refractivity contribution in [3.8, 4) is 0 Å². The smallest absolute Gasteiger partial charge is 0.00953 e. The molecular formula is C12H22BrN. The van der Waals surface area contributed by atoms with Crippen LogP contribution in [0.15, 0.2) is 0 Å². The molecule has 1 nitrogen and oxygen atoms in total. The van der Waals surface area contributed by atoms with Crippen molar-refractivity contribution in [1.29, 1.82) is 0 Å². The van der Waals surface area contributed by atoms with Crippen molar-refractivity contribution < 1.29 is 0 Å². The zero-order chi connectivity index (χ0) is 9.80. The lowest BCUT2D eigenvalue weighted by Gasteiger charge is -2.26. The molecule has 0 aromatic heterocycles. The van der Waals surface area contributed by atoms with Crippen molar-refractivity contribution in [3.05, 3.63) is 0 Å². The van der Waals surface area contributed by atoms with Crippen LogP contribution in [0.2, 0.25) is 0 Å². The van der Waals surface area contributed by atoms with Crippen molar-refractivity contribution in [2.45, 2.75) is 51.0 Å². The van der Waals surface area contributed by atoms with E-state index in [2.05, 4.69) is 20.8 Å². The fourth-order valence-corrected chi connectivity index (χ4v) is 3.47. The van der Waals surface area contributed by atoms with E-state index in [1.54, 1.807) is 0 Å². The monoisotopic (exact) mass is 259 g/mol. The lowest BCUT2D eigenvalue weighted by Crippen LogP contribution is -2.33. The Morgan fingerprint density at radius 1 is 1.00 bits per heavy atom. The highest BCUT2D eigenvalue weighted by atomic mass is 79.9. The second kappa shape index (κ2) is 5.50. The van der Waals surface area contributed by atoms with Gasteiger partial charge in [0, 0.05) is 17.9 Å². The summed E-state index contributed by atoms with van der Waals surface area (Å²) in [5, 5.41) is 1.20. The van der Waals surface area contributed by atoms with Gasteiger partial charge in [-0.05, 0) is 31.7 Å². The molecule has 1 saturated heterocycles. The van der Waals surface area contributed by atoms with E-state index >= 15 is 0 Å². The molecule has 2 heteroatoms. The second-order valence-corrected chi connectivity index (χ2v) is 5.60. The second-order valence-electron chi connectivity index (χ2n) is 4.95. The average molecular weight is 260 g/mol. The van der Waals surface area contributed by atoms with Gasteiger partial charge in [0.05, 0.1) is 0 Å². The van der Waals surface area contributed by atoms with Gasteiger partial charge < -0.3 is 4.90 Å². The molecule has 1 aliphatic heterocycles. The summed E-state index contributed by atoms with van der Waals surface area (Å²) in [5.41, 5.74) is 0. The van der Waals surface area contributed by atoms with Gasteiger partial charge in [-0.2, -0.15) is 0 Å². The highest BCUT2D eigenvalue weighted by molar-refractivity contribution is 9.09. The summed E-state index contributed by atoms with van der Waals surface area (Å²) in [6.45, 7) is 2.72. The summed E-state index contributed by atoms with van der Waals surface area (Å²) in [6.07, 6.45) is 10.3. The summed E-state index contributed by atoms with van der Waals surface area (Å²) in [5.74, 6) is 0.929. The zero-order valence-electron chi connectivity index (χ0n) is 9.05. The molecule has 0 N–H and O–H groups in total. The molecule has 0 bridgehead atoms. The van der Waals surface area contributed by atoms with Gasteiger partial charge >= 0.3 is 0 Å². The highest BCUT2D eigenvalue weighted by Crippen LogP contribution is 2.27. The summed E-state index contributed by atoms with van der Waals surface area (Å²) >= 11 is 3.62. The molecule has 0 aromatic rings. The molecule has 2 aliphatic rings. The Balaban J connectivity index is 1.82. The quantitative estimate of drug-likeness (QED) is 0.543. The molecule has 0 radical (unpaired) electrons. The third-order valence-corrected chi connectivity index (χ3v) is 4.79. The zero-order valence-corrected chi connectivity index (χ0v) is 10.6. The third kappa shape index (κ3) is 2.73. The largest absolute Gasteiger partial charge is 0.300 e. The first kappa shape index (κ1) is 10.9. The highest BCUT2D eigenvalue weighted by Gasteiger charge is 2.27. The molecule has 0 aromatic carbocycles. The molecule has 0 spiro atoms. The van der Waals surface area contributed by atoms with E-state index in [9.17, 15) is 0 Å². The van der Waals surface area contributed by atoms with Crippen LogP contribution < -0.4 is 0 Å². The van der Waals surface area contributed by atoms with Gasteiger partial charge in [-0.25, -0.2) is 0 Å². The van der Waals surface area contributed by atoms with Crippen molar-refractivity contribution in [3.63, 3.8) is 0 Å². The predicted molar refractivity (Wildman–Crippen MR) is 65.0 cm³/mol. The number of alkyl halides is 1. The topological polar surface area (TPSA) is 3.24 Å². The third-order valence-electron chi connectivity index (χ3n) is 3.88. The molecule has 1 unspecified atom stereocenters. The number of hydrogen-bond acceptors (Lipinski definition) is 1. The number of likely N-dealkylation sites (tertiary alicyclic amines) is 1. The molecular weight excluding hydrogens is 238 g/mol. The van der Waals surface area contributed by atoms with E-state index in [-0.39, 0.29) is 0 Å². The SMILES string of the molecule is BrCC1CCN(C2CCCCCC2)C1. The van der Waals surface area contributed by atoms with Gasteiger partial charge in [-0.15, -0.1) is 0 Å². The normalized spacial score (nSPS) is 31.9. The molecule has 2 fully saturated rings. The molecule has 14 heavy (non-hydrogen) atoms. The van der Waals surface area contributed by atoms with Gasteiger partial charge in [0.15, 0.2) is 0 Å². The number of nitrogens with zero attached hydrogens (tertiary/aromatic N) is 1. The van der Waals surface area contributed by atoms with Gasteiger partial charge in [0.2, 0.25) is 0 Å². The first-order valence-electron chi connectivity index (χ1n) is 6.20. The number of rotatable bonds is 2. The Morgan fingerprint density at radius 3 is 2.29 bits per heavy atom. The fourth-order valence-electron chi connectivity index (χ4n) is 2.94. The van der Waals surface area contributed by atoms with Crippen LogP contribution in [0, 0.1) is 5.92 Å². The standard InChI is InChI=1S/C12H22BrN/c13-9-11-7-8-14(10-11)12-5-3-1-2-4-6-12/h11-12H,1-10H2. The maximum absolute atomic E-state index is 3.62. The van der Waals surface area contributed by atoms with Crippen LogP contribution in [0.1, 0.15) is 44.9 Å². The van der Waals surface area contributed by atoms with Crippen molar-refractivity contribution >= 4 is 15.9 Å². The maximum atomic E-state index is 3.62. The first-order valence-corrected chi connectivity index (χ1v) is 7.32. The summed E-state index contributed by atoms with van der Waals surface area (Å²) in [4.78, 5) is 2.76. The minimum atomic E-state index is 0.929. The molecule has 1 atom stereocenters. The minimum absolute atomic E-state index is 0.929. The van der Waals surface area contributed by atoms with E-state index in [0.717, 1.165) is 12.0 Å². The Kier molecular flexibility index (Phi) is 4.30. The summed E-state index contributed by atoms with van der Waals surface area (Å²) in [6, 6.07) is 0.932. The molecule has 0 amide bonds. The van der Waals surface area contributed by atoms with E-state index in [1.807, 2.05) is 0 Å². The lowest BCUT2D eigenvalue weighted by atomic mass is 10.1. The molecule has 1 saturated carbocycles. The number of hydrogen-bond donors (Lipinski definition) is 0. The van der Waals surface area contributed by atoms with Crippen LogP contribution in [0.4, 0.5) is 0 Å². The van der Waals surface area contributed by atoms with Crippen molar-refractivity contribution in [2.75, 3.05) is 18.4 Å². The van der Waals surface area contributed by atoms with E-state index < -0.39 is 0 Å². The minimum Gasteiger partial charge on any atom is -0.300 e. The van der Waals surface area contributed by atoms with Crippen LogP contribution in [0.3, 0.4) is 0 Å². The summed E-state index contributed by atoms with van der Waals surface area (Å²) in [7, 11) is 0. The van der Waals surface area contributed by atoms with Gasteiger partial charge in [0.1, 0.15) is 0 Å². The summed E-state index contributed by atoms with van der Waals surface area (Å²) < 4.78 is 0. The van der Waals surface area contributed by atoms with Crippen molar-refractivity contribution in [1.82, 2.24) is 4.90 Å². The Bertz CT molecular complexity index is 164. The molecule has 1 aliphatic carbocycles. The average Bonchev–Trinajstić information content (AvgIpc) is 2.53. The van der Waals surface area contributed by atoms with Gasteiger partial charge in [-0.1, -0.05) is 41.6 Å². The van der Waals surface area contributed by atoms with Crippen LogP contribution in [0.25, 0.3) is 0 Å². The van der Waals surface area contributed by atoms with E-state index in [1.165, 1.54) is 63.4 Å². The van der Waals surface area contributed by atoms with E-state index in [0.29, 0.717) is 0 Å². The van der Waals surface area contributed by atoms with Crippen LogP contribution in [-0.2, 0) is 0 Å². The Labute approximate surface area is 96.4 Å². The van der Waals surface area contributed by atoms with Crippen LogP contribution in [-0.4, -0.2) is 29.4 Å². The van der Waals surface area contributed by atoms with Gasteiger partial charge in [-0.3, -0.25) is 0 Å². The first-order chi connectivity index (χ1) is 6.90. The molecule has 82 valence electrons. The molecule has 2 rings (SSSR count). The van der Waals surface area contributed by atoms with Crippen LogP contribution >= 0.6 is 15.9 Å². The van der Waals surface area contributed by atoms with E-state index in [4.69, 9.17) is 0 Å². The fraction of sp³-hybridized carbons (Fsp3) is 1.00. The Morgan fingerprint density at radius 2 is 1.71 bits per heavy atom. The maximum Gasteiger partial charge on any atom is 0.00953 e. The predicted octanol–water partition coefficient (Wildman–Crippen LogP) is 3.43. The Hall–Kier alpha value is 0.440. The van der Waals surface area contributed by atoms with Crippen molar-refractivity contribution in [2.24, 2.45) is 5.92 Å².